The Morgan fingerprint density at radius 2 is 2.32 bits per heavy atom. The summed E-state index contributed by atoms with van der Waals surface area (Å²) in [5.41, 5.74) is 2.05. The first-order chi connectivity index (χ1) is 9.13. The third-order valence-corrected chi connectivity index (χ3v) is 6.61. The van der Waals surface area contributed by atoms with Crippen LogP contribution in [0, 0.1) is 0 Å². The molecule has 0 atom stereocenters. The number of hydrogen-bond donors (Lipinski definition) is 0. The topological polar surface area (TPSA) is 55.2 Å². The van der Waals surface area contributed by atoms with E-state index < -0.39 is 10.0 Å². The van der Waals surface area contributed by atoms with E-state index in [0.29, 0.717) is 23.7 Å². The van der Waals surface area contributed by atoms with E-state index in [1.807, 2.05) is 11.5 Å². The van der Waals surface area contributed by atoms with Crippen molar-refractivity contribution < 1.29 is 8.42 Å². The fraction of sp³-hybridized carbons (Fsp3) is 0.417. The van der Waals surface area contributed by atoms with Gasteiger partial charge < -0.3 is 4.57 Å². The second kappa shape index (κ2) is 4.73. The van der Waals surface area contributed by atoms with Crippen LogP contribution in [0.25, 0.3) is 0 Å². The molecule has 0 amide bonds. The van der Waals surface area contributed by atoms with Crippen LogP contribution < -0.4 is 0 Å². The second-order valence-electron chi connectivity index (χ2n) is 4.44. The second-order valence-corrected chi connectivity index (χ2v) is 7.56. The summed E-state index contributed by atoms with van der Waals surface area (Å²) in [6.45, 7) is 3.78. The van der Waals surface area contributed by atoms with Crippen molar-refractivity contribution in [1.29, 1.82) is 0 Å². The van der Waals surface area contributed by atoms with Crippen LogP contribution in [-0.2, 0) is 29.5 Å². The van der Waals surface area contributed by atoms with Gasteiger partial charge in [-0.05, 0) is 18.4 Å². The highest BCUT2D eigenvalue weighted by molar-refractivity contribution is 7.91. The van der Waals surface area contributed by atoms with Gasteiger partial charge in [0.05, 0.1) is 24.3 Å². The molecule has 0 spiro atoms. The van der Waals surface area contributed by atoms with Gasteiger partial charge in [0, 0.05) is 19.5 Å². The van der Waals surface area contributed by atoms with Gasteiger partial charge in [-0.25, -0.2) is 13.4 Å². The van der Waals surface area contributed by atoms with Crippen LogP contribution in [0.3, 0.4) is 0 Å². The monoisotopic (exact) mass is 297 g/mol. The fourth-order valence-electron chi connectivity index (χ4n) is 2.33. The molecule has 3 rings (SSSR count). The highest BCUT2D eigenvalue weighted by atomic mass is 32.2. The minimum atomic E-state index is -3.35. The molecule has 2 aromatic rings. The number of fused-ring (bicyclic) bond motifs is 1. The molecule has 2 aromatic heterocycles. The molecule has 19 heavy (non-hydrogen) atoms. The Hall–Kier alpha value is -1.18. The lowest BCUT2D eigenvalue weighted by molar-refractivity contribution is 0.378. The summed E-state index contributed by atoms with van der Waals surface area (Å²) in [6, 6.07) is 3.43. The van der Waals surface area contributed by atoms with Gasteiger partial charge in [-0.1, -0.05) is 6.07 Å². The van der Waals surface area contributed by atoms with Crippen molar-refractivity contribution in [2.24, 2.45) is 0 Å². The lowest BCUT2D eigenvalue weighted by Crippen LogP contribution is -2.36. The average Bonchev–Trinajstić information content (AvgIpc) is 3.07. The minimum Gasteiger partial charge on any atom is -0.333 e. The van der Waals surface area contributed by atoms with Crippen LogP contribution in [0.4, 0.5) is 0 Å². The Bertz CT molecular complexity index is 660. The highest BCUT2D eigenvalue weighted by Crippen LogP contribution is 2.26. The quantitative estimate of drug-likeness (QED) is 0.866. The van der Waals surface area contributed by atoms with Gasteiger partial charge in [-0.15, -0.1) is 11.3 Å². The zero-order valence-corrected chi connectivity index (χ0v) is 12.2. The summed E-state index contributed by atoms with van der Waals surface area (Å²) in [5.74, 6) is 0. The predicted octanol–water partition coefficient (Wildman–Crippen LogP) is 1.71. The Kier molecular flexibility index (Phi) is 3.20. The fourth-order valence-corrected chi connectivity index (χ4v) is 4.88. The number of rotatable bonds is 3. The first-order valence-corrected chi connectivity index (χ1v) is 8.51. The van der Waals surface area contributed by atoms with Gasteiger partial charge in [0.15, 0.2) is 0 Å². The summed E-state index contributed by atoms with van der Waals surface area (Å²) in [7, 11) is -3.35. The van der Waals surface area contributed by atoms with E-state index in [-0.39, 0.29) is 0 Å². The van der Waals surface area contributed by atoms with Gasteiger partial charge >= 0.3 is 0 Å². The molecule has 0 bridgehead atoms. The number of sulfonamides is 1. The smallest absolute Gasteiger partial charge is 0.252 e. The van der Waals surface area contributed by atoms with Crippen LogP contribution in [0.1, 0.15) is 18.3 Å². The third kappa shape index (κ3) is 2.11. The number of hydrogen-bond acceptors (Lipinski definition) is 4. The molecule has 0 saturated carbocycles. The van der Waals surface area contributed by atoms with Crippen LogP contribution in [-0.4, -0.2) is 28.8 Å². The predicted molar refractivity (Wildman–Crippen MR) is 73.5 cm³/mol. The Morgan fingerprint density at radius 3 is 3.00 bits per heavy atom. The summed E-state index contributed by atoms with van der Waals surface area (Å²) in [6.07, 6.45) is 2.48. The SMILES string of the molecule is CCn1cnc2c1CN(S(=O)(=O)c1cccs1)CC2. The number of aryl methyl sites for hydroxylation is 1. The van der Waals surface area contributed by atoms with Crippen molar-refractivity contribution in [1.82, 2.24) is 13.9 Å². The van der Waals surface area contributed by atoms with Crippen molar-refractivity contribution in [2.45, 2.75) is 30.6 Å². The Labute approximate surface area is 116 Å². The normalized spacial score (nSPS) is 16.5. The molecule has 3 heterocycles. The minimum absolute atomic E-state index is 0.415. The zero-order chi connectivity index (χ0) is 13.5. The molecule has 5 nitrogen and oxygen atoms in total. The maximum Gasteiger partial charge on any atom is 0.252 e. The maximum absolute atomic E-state index is 12.5. The largest absolute Gasteiger partial charge is 0.333 e. The van der Waals surface area contributed by atoms with Crippen molar-refractivity contribution in [3.8, 4) is 0 Å². The summed E-state index contributed by atoms with van der Waals surface area (Å²) in [4.78, 5) is 4.35. The van der Waals surface area contributed by atoms with Crippen LogP contribution >= 0.6 is 11.3 Å². The molecule has 0 saturated heterocycles. The van der Waals surface area contributed by atoms with E-state index in [1.165, 1.54) is 11.3 Å². The first kappa shape index (κ1) is 12.8. The van der Waals surface area contributed by atoms with Crippen LogP contribution in [0.15, 0.2) is 28.0 Å². The number of thiophene rings is 1. The average molecular weight is 297 g/mol. The first-order valence-electron chi connectivity index (χ1n) is 6.19. The molecule has 1 aliphatic rings. The van der Waals surface area contributed by atoms with Crippen molar-refractivity contribution in [3.63, 3.8) is 0 Å². The highest BCUT2D eigenvalue weighted by Gasteiger charge is 2.30. The van der Waals surface area contributed by atoms with Crippen molar-refractivity contribution >= 4 is 21.4 Å². The van der Waals surface area contributed by atoms with Gasteiger partial charge in [0.2, 0.25) is 0 Å². The van der Waals surface area contributed by atoms with Crippen molar-refractivity contribution in [2.75, 3.05) is 6.54 Å². The van der Waals surface area contributed by atoms with Gasteiger partial charge in [-0.3, -0.25) is 0 Å². The molecule has 0 unspecified atom stereocenters. The van der Waals surface area contributed by atoms with E-state index in [1.54, 1.807) is 28.1 Å². The molecule has 0 radical (unpaired) electrons. The Morgan fingerprint density at radius 1 is 1.47 bits per heavy atom. The van der Waals surface area contributed by atoms with E-state index in [0.717, 1.165) is 17.9 Å². The Balaban J connectivity index is 1.94. The van der Waals surface area contributed by atoms with Crippen molar-refractivity contribution in [3.05, 3.63) is 35.2 Å². The molecular weight excluding hydrogens is 282 g/mol. The molecule has 7 heteroatoms. The number of imidazole rings is 1. The number of aromatic nitrogens is 2. The summed E-state index contributed by atoms with van der Waals surface area (Å²) < 4.78 is 29.0. The van der Waals surface area contributed by atoms with E-state index in [9.17, 15) is 8.42 Å². The van der Waals surface area contributed by atoms with E-state index in [2.05, 4.69) is 4.98 Å². The molecule has 0 aliphatic carbocycles. The molecule has 0 aromatic carbocycles. The van der Waals surface area contributed by atoms with Crippen LogP contribution in [0.2, 0.25) is 0 Å². The standard InChI is InChI=1S/C12H15N3O2S2/c1-2-14-9-13-10-5-6-15(8-11(10)14)19(16,17)12-4-3-7-18-12/h3-4,7,9H,2,5-6,8H2,1H3. The lowest BCUT2D eigenvalue weighted by Gasteiger charge is -2.26. The lowest BCUT2D eigenvalue weighted by atomic mass is 10.2. The molecule has 102 valence electrons. The van der Waals surface area contributed by atoms with Gasteiger partial charge in [0.25, 0.3) is 10.0 Å². The summed E-state index contributed by atoms with van der Waals surface area (Å²) in [5, 5.41) is 1.79. The number of nitrogens with zero attached hydrogens (tertiary/aromatic N) is 3. The van der Waals surface area contributed by atoms with E-state index in [4.69, 9.17) is 0 Å². The molecule has 1 aliphatic heterocycles. The maximum atomic E-state index is 12.5. The van der Waals surface area contributed by atoms with Gasteiger partial charge in [-0.2, -0.15) is 4.31 Å². The zero-order valence-electron chi connectivity index (χ0n) is 10.6. The molecular formula is C12H15N3O2S2. The van der Waals surface area contributed by atoms with E-state index >= 15 is 0 Å². The summed E-state index contributed by atoms with van der Waals surface area (Å²) >= 11 is 1.26. The van der Waals surface area contributed by atoms with Gasteiger partial charge in [0.1, 0.15) is 4.21 Å². The molecule has 0 N–H and O–H groups in total. The van der Waals surface area contributed by atoms with Crippen LogP contribution in [0.5, 0.6) is 0 Å². The third-order valence-electron chi connectivity index (χ3n) is 3.39. The molecule has 0 fully saturated rings.